The van der Waals surface area contributed by atoms with E-state index < -0.39 is 35.3 Å². The van der Waals surface area contributed by atoms with Crippen molar-refractivity contribution in [3.63, 3.8) is 0 Å². The van der Waals surface area contributed by atoms with Crippen molar-refractivity contribution in [1.82, 2.24) is 9.80 Å². The third-order valence-corrected chi connectivity index (χ3v) is 4.23. The highest BCUT2D eigenvalue weighted by Gasteiger charge is 2.41. The summed E-state index contributed by atoms with van der Waals surface area (Å²) in [5.41, 5.74) is -0.608. The molecule has 0 aromatic heterocycles. The number of rotatable bonds is 3. The van der Waals surface area contributed by atoms with Crippen LogP contribution >= 0.6 is 0 Å². The van der Waals surface area contributed by atoms with E-state index in [0.717, 1.165) is 10.5 Å². The van der Waals surface area contributed by atoms with Crippen LogP contribution in [-0.2, 0) is 20.8 Å². The van der Waals surface area contributed by atoms with Gasteiger partial charge in [-0.25, -0.2) is 14.5 Å². The van der Waals surface area contributed by atoms with Crippen LogP contribution in [0, 0.1) is 0 Å². The lowest BCUT2D eigenvalue weighted by Crippen LogP contribution is -2.51. The number of hydrogen-bond acceptors (Lipinski definition) is 5. The maximum Gasteiger partial charge on any atom is 0.417 e. The molecule has 1 saturated heterocycles. The molecule has 1 atom stereocenters. The van der Waals surface area contributed by atoms with E-state index in [0.29, 0.717) is 19.4 Å². The van der Waals surface area contributed by atoms with Gasteiger partial charge in [0.25, 0.3) is 5.91 Å². The first-order valence-corrected chi connectivity index (χ1v) is 9.95. The van der Waals surface area contributed by atoms with Gasteiger partial charge in [-0.1, -0.05) is 30.3 Å². The van der Waals surface area contributed by atoms with Gasteiger partial charge >= 0.3 is 12.2 Å². The molecule has 160 valence electrons. The summed E-state index contributed by atoms with van der Waals surface area (Å²) in [6, 6.07) is 8.48. The van der Waals surface area contributed by atoms with Crippen LogP contribution in [0.25, 0.3) is 0 Å². The third-order valence-electron chi connectivity index (χ3n) is 4.23. The van der Waals surface area contributed by atoms with Gasteiger partial charge in [0.2, 0.25) is 0 Å². The van der Waals surface area contributed by atoms with Crippen molar-refractivity contribution in [1.29, 1.82) is 0 Å². The SMILES string of the molecule is CC(C)(C)OC(=O)N(Cc1ccccc1)C(=O)[C@@H]1CCCN1C(=O)OC(C)(C)C. The van der Waals surface area contributed by atoms with Crippen molar-refractivity contribution in [2.45, 2.75) is 78.2 Å². The largest absolute Gasteiger partial charge is 0.444 e. The second kappa shape index (κ2) is 8.84. The zero-order chi connectivity index (χ0) is 21.8. The molecule has 2 rings (SSSR count). The Bertz CT molecular complexity index is 734. The van der Waals surface area contributed by atoms with E-state index in [1.54, 1.807) is 41.5 Å². The van der Waals surface area contributed by atoms with Crippen molar-refractivity contribution in [2.24, 2.45) is 0 Å². The zero-order valence-electron chi connectivity index (χ0n) is 18.2. The average Bonchev–Trinajstić information content (AvgIpc) is 3.07. The van der Waals surface area contributed by atoms with Gasteiger partial charge in [0, 0.05) is 6.54 Å². The second-order valence-electron chi connectivity index (χ2n) is 9.22. The molecule has 1 heterocycles. The Morgan fingerprint density at radius 1 is 1.00 bits per heavy atom. The van der Waals surface area contributed by atoms with Gasteiger partial charge in [0.05, 0.1) is 6.54 Å². The van der Waals surface area contributed by atoms with Crippen LogP contribution in [0.5, 0.6) is 0 Å². The molecule has 0 aliphatic carbocycles. The van der Waals surface area contributed by atoms with E-state index in [4.69, 9.17) is 9.47 Å². The van der Waals surface area contributed by atoms with E-state index in [1.165, 1.54) is 4.90 Å². The van der Waals surface area contributed by atoms with Crippen molar-refractivity contribution in [3.8, 4) is 0 Å². The molecule has 0 unspecified atom stereocenters. The van der Waals surface area contributed by atoms with Gasteiger partial charge in [-0.05, 0) is 59.9 Å². The fourth-order valence-corrected chi connectivity index (χ4v) is 3.06. The standard InChI is InChI=1S/C22H32N2O5/c1-21(2,3)28-19(26)23-14-10-13-17(23)18(25)24(20(27)29-22(4,5)6)15-16-11-8-7-9-12-16/h7-9,11-12,17H,10,13-15H2,1-6H3/t17-/m0/s1. The Hall–Kier alpha value is -2.57. The summed E-state index contributed by atoms with van der Waals surface area (Å²) in [4.78, 5) is 41.2. The molecule has 0 radical (unpaired) electrons. The molecule has 1 aromatic carbocycles. The number of imide groups is 1. The van der Waals surface area contributed by atoms with Crippen LogP contribution in [-0.4, -0.2) is 51.7 Å². The predicted octanol–water partition coefficient (Wildman–Crippen LogP) is 4.35. The van der Waals surface area contributed by atoms with Crippen molar-refractivity contribution in [3.05, 3.63) is 35.9 Å². The number of likely N-dealkylation sites (tertiary alicyclic amines) is 1. The molecule has 0 spiro atoms. The van der Waals surface area contributed by atoms with Gasteiger partial charge in [0.1, 0.15) is 17.2 Å². The van der Waals surface area contributed by atoms with E-state index in [9.17, 15) is 14.4 Å². The Morgan fingerprint density at radius 3 is 2.14 bits per heavy atom. The third kappa shape index (κ3) is 6.76. The molecule has 3 amide bonds. The topological polar surface area (TPSA) is 76.2 Å². The summed E-state index contributed by atoms with van der Waals surface area (Å²) >= 11 is 0. The predicted molar refractivity (Wildman–Crippen MR) is 109 cm³/mol. The molecule has 0 saturated carbocycles. The lowest BCUT2D eigenvalue weighted by atomic mass is 10.1. The van der Waals surface area contributed by atoms with Crippen LogP contribution in [0.2, 0.25) is 0 Å². The van der Waals surface area contributed by atoms with Gasteiger partial charge in [0.15, 0.2) is 0 Å². The molecular formula is C22H32N2O5. The zero-order valence-corrected chi connectivity index (χ0v) is 18.2. The Morgan fingerprint density at radius 2 is 1.59 bits per heavy atom. The average molecular weight is 405 g/mol. The summed E-state index contributed by atoms with van der Waals surface area (Å²) in [6.07, 6.45) is -0.116. The van der Waals surface area contributed by atoms with E-state index >= 15 is 0 Å². The first-order chi connectivity index (χ1) is 13.4. The minimum absolute atomic E-state index is 0.0766. The summed E-state index contributed by atoms with van der Waals surface area (Å²) in [5, 5.41) is 0. The highest BCUT2D eigenvalue weighted by atomic mass is 16.6. The highest BCUT2D eigenvalue weighted by Crippen LogP contribution is 2.24. The molecular weight excluding hydrogens is 372 g/mol. The smallest absolute Gasteiger partial charge is 0.417 e. The number of amides is 3. The lowest BCUT2D eigenvalue weighted by Gasteiger charge is -2.32. The van der Waals surface area contributed by atoms with Gasteiger partial charge in [-0.15, -0.1) is 0 Å². The number of benzene rings is 1. The second-order valence-corrected chi connectivity index (χ2v) is 9.22. The highest BCUT2D eigenvalue weighted by molar-refractivity contribution is 5.96. The monoisotopic (exact) mass is 404 g/mol. The summed E-state index contributed by atoms with van der Waals surface area (Å²) in [6.45, 7) is 11.1. The lowest BCUT2D eigenvalue weighted by molar-refractivity contribution is -0.135. The number of carbonyl (C=O) groups excluding carboxylic acids is 3. The Labute approximate surface area is 172 Å². The van der Waals surface area contributed by atoms with Crippen LogP contribution in [0.15, 0.2) is 30.3 Å². The minimum Gasteiger partial charge on any atom is -0.444 e. The molecule has 1 aromatic rings. The number of carbonyl (C=O) groups is 3. The van der Waals surface area contributed by atoms with E-state index in [1.807, 2.05) is 30.3 Å². The van der Waals surface area contributed by atoms with Crippen LogP contribution < -0.4 is 0 Å². The maximum atomic E-state index is 13.3. The molecule has 1 aliphatic rings. The van der Waals surface area contributed by atoms with Crippen molar-refractivity contribution < 1.29 is 23.9 Å². The molecule has 1 fully saturated rings. The summed E-state index contributed by atoms with van der Waals surface area (Å²) in [7, 11) is 0. The summed E-state index contributed by atoms with van der Waals surface area (Å²) < 4.78 is 10.9. The molecule has 0 N–H and O–H groups in total. The first-order valence-electron chi connectivity index (χ1n) is 9.95. The van der Waals surface area contributed by atoms with E-state index in [-0.39, 0.29) is 6.54 Å². The quantitative estimate of drug-likeness (QED) is 0.749. The van der Waals surface area contributed by atoms with Crippen LogP contribution in [0.1, 0.15) is 59.9 Å². The first kappa shape index (κ1) is 22.7. The minimum atomic E-state index is -0.749. The fourth-order valence-electron chi connectivity index (χ4n) is 3.06. The van der Waals surface area contributed by atoms with E-state index in [2.05, 4.69) is 0 Å². The normalized spacial score (nSPS) is 17.0. The molecule has 7 heteroatoms. The van der Waals surface area contributed by atoms with Gasteiger partial charge in [-0.2, -0.15) is 0 Å². The number of hydrogen-bond donors (Lipinski definition) is 0. The van der Waals surface area contributed by atoms with Crippen LogP contribution in [0.3, 0.4) is 0 Å². The fraction of sp³-hybridized carbons (Fsp3) is 0.591. The van der Waals surface area contributed by atoms with Gasteiger partial charge < -0.3 is 9.47 Å². The summed E-state index contributed by atoms with van der Waals surface area (Å²) in [5.74, 6) is -0.452. The molecule has 0 bridgehead atoms. The Balaban J connectivity index is 2.25. The molecule has 29 heavy (non-hydrogen) atoms. The van der Waals surface area contributed by atoms with Gasteiger partial charge in [-0.3, -0.25) is 9.69 Å². The Kier molecular flexibility index (Phi) is 6.93. The van der Waals surface area contributed by atoms with Crippen molar-refractivity contribution >= 4 is 18.1 Å². The maximum absolute atomic E-state index is 13.3. The molecule has 7 nitrogen and oxygen atoms in total. The number of ether oxygens (including phenoxy) is 2. The van der Waals surface area contributed by atoms with Crippen molar-refractivity contribution in [2.75, 3.05) is 6.54 Å². The van der Waals surface area contributed by atoms with Crippen LogP contribution in [0.4, 0.5) is 9.59 Å². The number of nitrogens with zero attached hydrogens (tertiary/aromatic N) is 2. The molecule has 1 aliphatic heterocycles.